The number of benzene rings is 2. The first-order valence-electron chi connectivity index (χ1n) is 7.91. The van der Waals surface area contributed by atoms with Crippen LogP contribution in [0.15, 0.2) is 36.4 Å². The topological polar surface area (TPSA) is 47.6 Å². The molecule has 0 spiro atoms. The van der Waals surface area contributed by atoms with Gasteiger partial charge < -0.3 is 14.8 Å². The number of amides is 1. The minimum absolute atomic E-state index is 0.413. The normalized spacial score (nSPS) is 10.7. The summed E-state index contributed by atoms with van der Waals surface area (Å²) in [5.74, 6) is 7.02. The fraction of sp³-hybridized carbons (Fsp3) is 0.350. The summed E-state index contributed by atoms with van der Waals surface area (Å²) in [5.41, 5.74) is 0.466. The van der Waals surface area contributed by atoms with E-state index in [0.29, 0.717) is 13.0 Å². The van der Waals surface area contributed by atoms with Gasteiger partial charge in [-0.3, -0.25) is 0 Å². The molecule has 0 fully saturated rings. The lowest BCUT2D eigenvalue weighted by Gasteiger charge is -2.19. The van der Waals surface area contributed by atoms with Crippen molar-refractivity contribution in [3.05, 3.63) is 42.0 Å². The van der Waals surface area contributed by atoms with Gasteiger partial charge in [-0.05, 0) is 55.8 Å². The average molecular weight is 325 g/mol. The van der Waals surface area contributed by atoms with Gasteiger partial charge in [-0.1, -0.05) is 24.0 Å². The third-order valence-corrected chi connectivity index (χ3v) is 3.20. The summed E-state index contributed by atoms with van der Waals surface area (Å²) < 4.78 is 10.4. The van der Waals surface area contributed by atoms with Gasteiger partial charge in [-0.25, -0.2) is 4.79 Å². The van der Waals surface area contributed by atoms with Gasteiger partial charge in [0.2, 0.25) is 0 Å². The molecule has 1 N–H and O–H groups in total. The molecule has 0 aliphatic rings. The molecule has 0 atom stereocenters. The number of nitrogens with one attached hydrogen (secondary N) is 1. The molecule has 2 aromatic rings. The summed E-state index contributed by atoms with van der Waals surface area (Å²) in [5, 5.41) is 4.93. The number of hydrogen-bond acceptors (Lipinski definition) is 3. The SMILES string of the molecule is COc1ccc2cc(C#CCCNC(=O)OC(C)(C)C)ccc2c1. The first-order valence-corrected chi connectivity index (χ1v) is 7.91. The van der Waals surface area contributed by atoms with Crippen LogP contribution in [0.3, 0.4) is 0 Å². The maximum Gasteiger partial charge on any atom is 0.407 e. The summed E-state index contributed by atoms with van der Waals surface area (Å²) in [6.45, 7) is 5.97. The van der Waals surface area contributed by atoms with E-state index in [1.165, 1.54) is 0 Å². The summed E-state index contributed by atoms with van der Waals surface area (Å²) in [7, 11) is 1.66. The molecule has 0 aromatic heterocycles. The molecule has 0 aliphatic carbocycles. The van der Waals surface area contributed by atoms with Gasteiger partial charge in [-0.15, -0.1) is 0 Å². The minimum atomic E-state index is -0.483. The predicted molar refractivity (Wildman–Crippen MR) is 96.2 cm³/mol. The second-order valence-corrected chi connectivity index (χ2v) is 6.41. The first-order chi connectivity index (χ1) is 11.4. The zero-order valence-electron chi connectivity index (χ0n) is 14.6. The number of fused-ring (bicyclic) bond motifs is 1. The van der Waals surface area contributed by atoms with Crippen molar-refractivity contribution in [3.63, 3.8) is 0 Å². The van der Waals surface area contributed by atoms with Crippen LogP contribution in [0.2, 0.25) is 0 Å². The number of alkyl carbamates (subject to hydrolysis) is 1. The van der Waals surface area contributed by atoms with E-state index >= 15 is 0 Å². The van der Waals surface area contributed by atoms with E-state index in [0.717, 1.165) is 22.1 Å². The van der Waals surface area contributed by atoms with E-state index in [-0.39, 0.29) is 0 Å². The molecule has 0 aliphatic heterocycles. The zero-order valence-corrected chi connectivity index (χ0v) is 14.6. The van der Waals surface area contributed by atoms with Crippen molar-refractivity contribution in [2.75, 3.05) is 13.7 Å². The lowest BCUT2D eigenvalue weighted by molar-refractivity contribution is 0.0529. The largest absolute Gasteiger partial charge is 0.497 e. The smallest absolute Gasteiger partial charge is 0.407 e. The Morgan fingerprint density at radius 2 is 1.83 bits per heavy atom. The molecule has 4 heteroatoms. The lowest BCUT2D eigenvalue weighted by atomic mass is 10.1. The Morgan fingerprint density at radius 1 is 1.12 bits per heavy atom. The summed E-state index contributed by atoms with van der Waals surface area (Å²) in [4.78, 5) is 11.5. The van der Waals surface area contributed by atoms with Crippen molar-refractivity contribution in [1.82, 2.24) is 5.32 Å². The molecular weight excluding hydrogens is 302 g/mol. The number of hydrogen-bond donors (Lipinski definition) is 1. The van der Waals surface area contributed by atoms with Crippen molar-refractivity contribution in [3.8, 4) is 17.6 Å². The van der Waals surface area contributed by atoms with Gasteiger partial charge in [-0.2, -0.15) is 0 Å². The number of carbonyl (C=O) groups excluding carboxylic acids is 1. The maximum absolute atomic E-state index is 11.5. The van der Waals surface area contributed by atoms with E-state index < -0.39 is 11.7 Å². The van der Waals surface area contributed by atoms with Crippen LogP contribution in [0.5, 0.6) is 5.75 Å². The number of carbonyl (C=O) groups is 1. The highest BCUT2D eigenvalue weighted by Gasteiger charge is 2.15. The zero-order chi connectivity index (χ0) is 17.6. The molecule has 0 heterocycles. The van der Waals surface area contributed by atoms with Crippen LogP contribution in [-0.2, 0) is 4.74 Å². The minimum Gasteiger partial charge on any atom is -0.497 e. The van der Waals surface area contributed by atoms with Crippen molar-refractivity contribution in [2.45, 2.75) is 32.8 Å². The summed E-state index contributed by atoms with van der Waals surface area (Å²) in [6, 6.07) is 12.0. The van der Waals surface area contributed by atoms with Crippen molar-refractivity contribution in [1.29, 1.82) is 0 Å². The van der Waals surface area contributed by atoms with Crippen LogP contribution < -0.4 is 10.1 Å². The standard InChI is InChI=1S/C20H23NO3/c1-20(2,3)24-19(22)21-12-6-5-7-15-8-9-17-14-18(23-4)11-10-16(17)13-15/h8-11,13-14H,6,12H2,1-4H3,(H,21,22). The number of ether oxygens (including phenoxy) is 2. The monoisotopic (exact) mass is 325 g/mol. The van der Waals surface area contributed by atoms with Crippen LogP contribution in [-0.4, -0.2) is 25.3 Å². The van der Waals surface area contributed by atoms with Gasteiger partial charge >= 0.3 is 6.09 Å². The predicted octanol–water partition coefficient (Wildman–Crippen LogP) is 4.11. The molecule has 4 nitrogen and oxygen atoms in total. The van der Waals surface area contributed by atoms with Crippen molar-refractivity contribution >= 4 is 16.9 Å². The molecule has 2 aromatic carbocycles. The average Bonchev–Trinajstić information content (AvgIpc) is 2.52. The Kier molecular flexibility index (Phi) is 5.70. The molecule has 0 radical (unpaired) electrons. The highest BCUT2D eigenvalue weighted by atomic mass is 16.6. The Labute approximate surface area is 143 Å². The van der Waals surface area contributed by atoms with E-state index in [4.69, 9.17) is 9.47 Å². The lowest BCUT2D eigenvalue weighted by Crippen LogP contribution is -2.32. The molecule has 0 unspecified atom stereocenters. The van der Waals surface area contributed by atoms with Gasteiger partial charge in [0.05, 0.1) is 7.11 Å². The summed E-state index contributed by atoms with van der Waals surface area (Å²) in [6.07, 6.45) is 0.156. The maximum atomic E-state index is 11.5. The molecule has 126 valence electrons. The second-order valence-electron chi connectivity index (χ2n) is 6.41. The third-order valence-electron chi connectivity index (χ3n) is 3.20. The van der Waals surface area contributed by atoms with Gasteiger partial charge in [0.1, 0.15) is 11.4 Å². The van der Waals surface area contributed by atoms with Gasteiger partial charge in [0.25, 0.3) is 0 Å². The fourth-order valence-corrected chi connectivity index (χ4v) is 2.13. The van der Waals surface area contributed by atoms with Crippen molar-refractivity contribution in [2.24, 2.45) is 0 Å². The second kappa shape index (κ2) is 7.74. The molecule has 0 saturated carbocycles. The molecule has 1 amide bonds. The van der Waals surface area contributed by atoms with Crippen molar-refractivity contribution < 1.29 is 14.3 Å². The first kappa shape index (κ1) is 17.7. The molecule has 2 rings (SSSR count). The van der Waals surface area contributed by atoms with Crippen LogP contribution in [0, 0.1) is 11.8 Å². The number of methoxy groups -OCH3 is 1. The highest BCUT2D eigenvalue weighted by molar-refractivity contribution is 5.85. The Balaban J connectivity index is 1.89. The van der Waals surface area contributed by atoms with E-state index in [2.05, 4.69) is 17.2 Å². The Morgan fingerprint density at radius 3 is 2.54 bits per heavy atom. The van der Waals surface area contributed by atoms with Gasteiger partial charge in [0, 0.05) is 18.5 Å². The Hall–Kier alpha value is -2.67. The molecule has 24 heavy (non-hydrogen) atoms. The molecule has 0 saturated heterocycles. The van der Waals surface area contributed by atoms with E-state index in [9.17, 15) is 4.79 Å². The quantitative estimate of drug-likeness (QED) is 0.682. The van der Waals surface area contributed by atoms with Crippen LogP contribution in [0.4, 0.5) is 4.79 Å². The summed E-state index contributed by atoms with van der Waals surface area (Å²) >= 11 is 0. The fourth-order valence-electron chi connectivity index (χ4n) is 2.13. The van der Waals surface area contributed by atoms with Crippen LogP contribution in [0.25, 0.3) is 10.8 Å². The van der Waals surface area contributed by atoms with E-state index in [1.54, 1.807) is 7.11 Å². The molecular formula is C20H23NO3. The van der Waals surface area contributed by atoms with E-state index in [1.807, 2.05) is 57.2 Å². The third kappa shape index (κ3) is 5.51. The Bertz CT molecular complexity index is 779. The highest BCUT2D eigenvalue weighted by Crippen LogP contribution is 2.21. The molecule has 0 bridgehead atoms. The number of rotatable bonds is 3. The van der Waals surface area contributed by atoms with Crippen LogP contribution in [0.1, 0.15) is 32.8 Å². The van der Waals surface area contributed by atoms with Gasteiger partial charge in [0.15, 0.2) is 0 Å². The van der Waals surface area contributed by atoms with Crippen LogP contribution >= 0.6 is 0 Å².